The van der Waals surface area contributed by atoms with Crippen LogP contribution in [0.4, 0.5) is 0 Å². The van der Waals surface area contributed by atoms with Crippen LogP contribution < -0.4 is 10.5 Å². The van der Waals surface area contributed by atoms with Gasteiger partial charge in [0.25, 0.3) is 5.91 Å². The average Bonchev–Trinajstić information content (AvgIpc) is 3.12. The highest BCUT2D eigenvalue weighted by molar-refractivity contribution is 5.94. The maximum Gasteiger partial charge on any atom is 0.275 e. The summed E-state index contributed by atoms with van der Waals surface area (Å²) in [5.41, 5.74) is 6.58. The fraction of sp³-hybridized carbons (Fsp3) is 0.500. The molecule has 0 aromatic carbocycles. The minimum Gasteiger partial charge on any atom is -0.488 e. The van der Waals surface area contributed by atoms with E-state index in [0.717, 1.165) is 12.8 Å². The van der Waals surface area contributed by atoms with Gasteiger partial charge in [0.15, 0.2) is 11.4 Å². The minimum atomic E-state index is -0.157. The zero-order chi connectivity index (χ0) is 12.4. The van der Waals surface area contributed by atoms with Crippen LogP contribution in [-0.2, 0) is 6.54 Å². The lowest BCUT2D eigenvalue weighted by Gasteiger charge is -2.14. The molecule has 1 aliphatic carbocycles. The summed E-state index contributed by atoms with van der Waals surface area (Å²) in [6, 6.07) is 3.58. The van der Waals surface area contributed by atoms with Gasteiger partial charge >= 0.3 is 0 Å². The van der Waals surface area contributed by atoms with Gasteiger partial charge in [-0.15, -0.1) is 0 Å². The van der Waals surface area contributed by atoms with Gasteiger partial charge in [-0.05, 0) is 25.0 Å². The monoisotopic (exact) mass is 235 g/mol. The maximum atomic E-state index is 12.0. The summed E-state index contributed by atoms with van der Waals surface area (Å²) in [6.07, 6.45) is 2.34. The van der Waals surface area contributed by atoms with Crippen LogP contribution in [0.25, 0.3) is 0 Å². The van der Waals surface area contributed by atoms with E-state index in [1.165, 1.54) is 4.90 Å². The van der Waals surface area contributed by atoms with Crippen molar-refractivity contribution in [2.45, 2.75) is 25.5 Å². The van der Waals surface area contributed by atoms with Crippen molar-refractivity contribution in [3.05, 3.63) is 23.5 Å². The number of pyridine rings is 1. The second-order valence-electron chi connectivity index (χ2n) is 4.37. The highest BCUT2D eigenvalue weighted by Crippen LogP contribution is 2.29. The minimum absolute atomic E-state index is 0.157. The molecule has 1 aliphatic rings. The van der Waals surface area contributed by atoms with Gasteiger partial charge in [0, 0.05) is 20.6 Å². The molecule has 1 fully saturated rings. The molecule has 0 unspecified atom stereocenters. The first kappa shape index (κ1) is 11.9. The SMILES string of the molecule is CN(C)C(=O)c1nc(CN)ccc1OC1CC1. The summed E-state index contributed by atoms with van der Waals surface area (Å²) >= 11 is 0. The molecule has 0 radical (unpaired) electrons. The van der Waals surface area contributed by atoms with E-state index in [0.29, 0.717) is 23.7 Å². The number of aromatic nitrogens is 1. The Bertz CT molecular complexity index is 428. The molecule has 0 bridgehead atoms. The Labute approximate surface area is 101 Å². The Hall–Kier alpha value is -1.62. The van der Waals surface area contributed by atoms with Crippen LogP contribution in [0.5, 0.6) is 5.75 Å². The summed E-state index contributed by atoms with van der Waals surface area (Å²) in [4.78, 5) is 17.7. The van der Waals surface area contributed by atoms with E-state index < -0.39 is 0 Å². The largest absolute Gasteiger partial charge is 0.488 e. The van der Waals surface area contributed by atoms with Crippen molar-refractivity contribution in [1.82, 2.24) is 9.88 Å². The van der Waals surface area contributed by atoms with Gasteiger partial charge in [0.2, 0.25) is 0 Å². The first-order chi connectivity index (χ1) is 8.11. The van der Waals surface area contributed by atoms with Gasteiger partial charge in [-0.3, -0.25) is 4.79 Å². The Balaban J connectivity index is 2.31. The topological polar surface area (TPSA) is 68.5 Å². The summed E-state index contributed by atoms with van der Waals surface area (Å²) in [5.74, 6) is 0.402. The van der Waals surface area contributed by atoms with Gasteiger partial charge in [0.1, 0.15) is 0 Å². The number of hydrogen-bond acceptors (Lipinski definition) is 4. The molecule has 0 spiro atoms. The Kier molecular flexibility index (Phi) is 3.28. The molecule has 1 aromatic rings. The van der Waals surface area contributed by atoms with Crippen LogP contribution >= 0.6 is 0 Å². The number of nitrogens with two attached hydrogens (primary N) is 1. The number of rotatable bonds is 4. The predicted octanol–water partition coefficient (Wildman–Crippen LogP) is 0.783. The van der Waals surface area contributed by atoms with Crippen molar-refractivity contribution in [3.8, 4) is 5.75 Å². The molecular weight excluding hydrogens is 218 g/mol. The Morgan fingerprint density at radius 1 is 1.53 bits per heavy atom. The molecule has 1 aromatic heterocycles. The summed E-state index contributed by atoms with van der Waals surface area (Å²) < 4.78 is 5.68. The average molecular weight is 235 g/mol. The van der Waals surface area contributed by atoms with Crippen molar-refractivity contribution in [1.29, 1.82) is 0 Å². The molecule has 2 N–H and O–H groups in total. The van der Waals surface area contributed by atoms with Gasteiger partial charge in [-0.2, -0.15) is 0 Å². The molecule has 5 nitrogen and oxygen atoms in total. The number of nitrogens with zero attached hydrogens (tertiary/aromatic N) is 2. The van der Waals surface area contributed by atoms with Crippen LogP contribution in [0.2, 0.25) is 0 Å². The number of amides is 1. The molecule has 5 heteroatoms. The zero-order valence-electron chi connectivity index (χ0n) is 10.1. The second-order valence-corrected chi connectivity index (χ2v) is 4.37. The number of carbonyl (C=O) groups excluding carboxylic acids is 1. The molecule has 1 heterocycles. The molecule has 0 saturated heterocycles. The highest BCUT2D eigenvalue weighted by atomic mass is 16.5. The van der Waals surface area contributed by atoms with Crippen molar-refractivity contribution in [3.63, 3.8) is 0 Å². The van der Waals surface area contributed by atoms with Crippen LogP contribution in [0.3, 0.4) is 0 Å². The molecule has 1 amide bonds. The molecule has 0 atom stereocenters. The third-order valence-electron chi connectivity index (χ3n) is 2.55. The van der Waals surface area contributed by atoms with Crippen LogP contribution in [0, 0.1) is 0 Å². The lowest BCUT2D eigenvalue weighted by molar-refractivity contribution is 0.0816. The van der Waals surface area contributed by atoms with Gasteiger partial charge in [-0.1, -0.05) is 0 Å². The summed E-state index contributed by atoms with van der Waals surface area (Å²) in [7, 11) is 3.39. The van der Waals surface area contributed by atoms with Crippen molar-refractivity contribution >= 4 is 5.91 Å². The van der Waals surface area contributed by atoms with E-state index in [4.69, 9.17) is 10.5 Å². The number of ether oxygens (including phenoxy) is 1. The second kappa shape index (κ2) is 4.71. The highest BCUT2D eigenvalue weighted by Gasteiger charge is 2.26. The van der Waals surface area contributed by atoms with Crippen molar-refractivity contribution < 1.29 is 9.53 Å². The normalized spacial score (nSPS) is 14.5. The lowest BCUT2D eigenvalue weighted by atomic mass is 10.2. The molecule has 2 rings (SSSR count). The van der Waals surface area contributed by atoms with Gasteiger partial charge in [0.05, 0.1) is 11.8 Å². The predicted molar refractivity (Wildman–Crippen MR) is 63.8 cm³/mol. The molecular formula is C12H17N3O2. The van der Waals surface area contributed by atoms with E-state index in [1.807, 2.05) is 0 Å². The molecule has 17 heavy (non-hydrogen) atoms. The Morgan fingerprint density at radius 3 is 2.76 bits per heavy atom. The van der Waals surface area contributed by atoms with Crippen LogP contribution in [-0.4, -0.2) is 36.0 Å². The third kappa shape index (κ3) is 2.74. The van der Waals surface area contributed by atoms with E-state index in [9.17, 15) is 4.79 Å². The van der Waals surface area contributed by atoms with Crippen LogP contribution in [0.1, 0.15) is 29.0 Å². The van der Waals surface area contributed by atoms with Crippen molar-refractivity contribution in [2.24, 2.45) is 5.73 Å². The zero-order valence-corrected chi connectivity index (χ0v) is 10.1. The third-order valence-corrected chi connectivity index (χ3v) is 2.55. The van der Waals surface area contributed by atoms with E-state index in [-0.39, 0.29) is 12.0 Å². The molecule has 92 valence electrons. The standard InChI is InChI=1S/C12H17N3O2/c1-15(2)12(16)11-10(17-9-4-5-9)6-3-8(7-13)14-11/h3,6,9H,4-5,7,13H2,1-2H3. The Morgan fingerprint density at radius 2 is 2.24 bits per heavy atom. The first-order valence-corrected chi connectivity index (χ1v) is 5.70. The van der Waals surface area contributed by atoms with E-state index >= 15 is 0 Å². The quantitative estimate of drug-likeness (QED) is 0.837. The fourth-order valence-electron chi connectivity index (χ4n) is 1.43. The van der Waals surface area contributed by atoms with E-state index in [2.05, 4.69) is 4.98 Å². The smallest absolute Gasteiger partial charge is 0.275 e. The van der Waals surface area contributed by atoms with Gasteiger partial charge < -0.3 is 15.4 Å². The summed E-state index contributed by atoms with van der Waals surface area (Å²) in [6.45, 7) is 0.317. The number of carbonyl (C=O) groups is 1. The lowest BCUT2D eigenvalue weighted by Crippen LogP contribution is -2.24. The molecule has 0 aliphatic heterocycles. The summed E-state index contributed by atoms with van der Waals surface area (Å²) in [5, 5.41) is 0. The molecule has 1 saturated carbocycles. The van der Waals surface area contributed by atoms with Crippen LogP contribution in [0.15, 0.2) is 12.1 Å². The van der Waals surface area contributed by atoms with Crippen molar-refractivity contribution in [2.75, 3.05) is 14.1 Å². The fourth-order valence-corrected chi connectivity index (χ4v) is 1.43. The number of hydrogen-bond donors (Lipinski definition) is 1. The first-order valence-electron chi connectivity index (χ1n) is 5.70. The van der Waals surface area contributed by atoms with Gasteiger partial charge in [-0.25, -0.2) is 4.98 Å². The van der Waals surface area contributed by atoms with E-state index in [1.54, 1.807) is 26.2 Å². The maximum absolute atomic E-state index is 12.0.